The second-order valence-electron chi connectivity index (χ2n) is 4.50. The van der Waals surface area contributed by atoms with Gasteiger partial charge in [-0.25, -0.2) is 8.78 Å². The Morgan fingerprint density at radius 3 is 1.55 bits per heavy atom. The zero-order chi connectivity index (χ0) is 15.0. The van der Waals surface area contributed by atoms with Crippen LogP contribution >= 0.6 is 23.2 Å². The molecule has 20 heavy (non-hydrogen) atoms. The fourth-order valence-corrected chi connectivity index (χ4v) is 2.32. The molecule has 2 aromatic carbocycles. The minimum absolute atomic E-state index is 0.0314. The van der Waals surface area contributed by atoms with Crippen molar-refractivity contribution in [2.45, 2.75) is 13.8 Å². The Morgan fingerprint density at radius 1 is 0.850 bits per heavy atom. The van der Waals surface area contributed by atoms with Gasteiger partial charge < -0.3 is 0 Å². The molecular formula is C15H10Cl2F2O. The Labute approximate surface area is 125 Å². The SMILES string of the molecule is Cc1cc(F)cc(C(=O)c2cc(F)cc(C)c2Cl)c1Cl. The molecule has 0 aliphatic carbocycles. The minimum atomic E-state index is -0.606. The first-order valence-corrected chi connectivity index (χ1v) is 6.53. The van der Waals surface area contributed by atoms with Crippen molar-refractivity contribution < 1.29 is 13.6 Å². The molecule has 1 nitrogen and oxygen atoms in total. The Balaban J connectivity index is 2.64. The fourth-order valence-electron chi connectivity index (χ4n) is 1.93. The van der Waals surface area contributed by atoms with Crippen LogP contribution in [-0.4, -0.2) is 5.78 Å². The first-order chi connectivity index (χ1) is 9.31. The van der Waals surface area contributed by atoms with E-state index in [0.717, 1.165) is 12.1 Å². The van der Waals surface area contributed by atoms with Crippen LogP contribution in [0.25, 0.3) is 0 Å². The zero-order valence-corrected chi connectivity index (χ0v) is 12.2. The maximum absolute atomic E-state index is 13.4. The van der Waals surface area contributed by atoms with Crippen LogP contribution in [0.1, 0.15) is 27.0 Å². The molecule has 0 aliphatic rings. The van der Waals surface area contributed by atoms with E-state index in [1.54, 1.807) is 13.8 Å². The van der Waals surface area contributed by atoms with E-state index in [1.807, 2.05) is 0 Å². The fraction of sp³-hybridized carbons (Fsp3) is 0.133. The van der Waals surface area contributed by atoms with Crippen molar-refractivity contribution in [2.24, 2.45) is 0 Å². The van der Waals surface area contributed by atoms with Gasteiger partial charge in [0.1, 0.15) is 11.6 Å². The number of halogens is 4. The van der Waals surface area contributed by atoms with Crippen LogP contribution in [0.2, 0.25) is 10.0 Å². The van der Waals surface area contributed by atoms with Crippen LogP contribution in [0.5, 0.6) is 0 Å². The molecule has 0 unspecified atom stereocenters. The number of carbonyl (C=O) groups excluding carboxylic acids is 1. The summed E-state index contributed by atoms with van der Waals surface area (Å²) in [5.41, 5.74) is 0.797. The number of hydrogen-bond donors (Lipinski definition) is 0. The van der Waals surface area contributed by atoms with Gasteiger partial charge in [0, 0.05) is 11.1 Å². The van der Waals surface area contributed by atoms with Gasteiger partial charge in [-0.3, -0.25) is 4.79 Å². The summed E-state index contributed by atoms with van der Waals surface area (Å²) >= 11 is 12.0. The number of benzene rings is 2. The molecule has 0 bridgehead atoms. The third-order valence-electron chi connectivity index (χ3n) is 2.93. The molecule has 0 amide bonds. The summed E-state index contributed by atoms with van der Waals surface area (Å²) in [5.74, 6) is -1.77. The quantitative estimate of drug-likeness (QED) is 0.703. The highest BCUT2D eigenvalue weighted by Gasteiger charge is 2.20. The van der Waals surface area contributed by atoms with Gasteiger partial charge in [-0.2, -0.15) is 0 Å². The number of hydrogen-bond acceptors (Lipinski definition) is 1. The lowest BCUT2D eigenvalue weighted by Crippen LogP contribution is -2.06. The predicted molar refractivity (Wildman–Crippen MR) is 75.7 cm³/mol. The topological polar surface area (TPSA) is 17.1 Å². The summed E-state index contributed by atoms with van der Waals surface area (Å²) in [4.78, 5) is 12.4. The molecule has 0 aliphatic heterocycles. The molecule has 5 heteroatoms. The Bertz CT molecular complexity index is 652. The normalized spacial score (nSPS) is 10.7. The van der Waals surface area contributed by atoms with Crippen molar-refractivity contribution in [3.63, 3.8) is 0 Å². The highest BCUT2D eigenvalue weighted by molar-refractivity contribution is 6.38. The molecule has 0 spiro atoms. The van der Waals surface area contributed by atoms with Crippen LogP contribution < -0.4 is 0 Å². The van der Waals surface area contributed by atoms with E-state index in [1.165, 1.54) is 12.1 Å². The zero-order valence-electron chi connectivity index (χ0n) is 10.7. The van der Waals surface area contributed by atoms with Crippen molar-refractivity contribution in [3.8, 4) is 0 Å². The van der Waals surface area contributed by atoms with Gasteiger partial charge in [0.15, 0.2) is 5.78 Å². The molecular weight excluding hydrogens is 305 g/mol. The molecule has 0 atom stereocenters. The molecule has 104 valence electrons. The Morgan fingerprint density at radius 2 is 1.20 bits per heavy atom. The van der Waals surface area contributed by atoms with Crippen molar-refractivity contribution >= 4 is 29.0 Å². The van der Waals surface area contributed by atoms with E-state index in [9.17, 15) is 13.6 Å². The summed E-state index contributed by atoms with van der Waals surface area (Å²) < 4.78 is 26.9. The molecule has 2 aromatic rings. The number of carbonyl (C=O) groups is 1. The lowest BCUT2D eigenvalue weighted by molar-refractivity contribution is 0.103. The van der Waals surface area contributed by atoms with E-state index in [0.29, 0.717) is 11.1 Å². The summed E-state index contributed by atoms with van der Waals surface area (Å²) in [5, 5.41) is 0.267. The molecule has 0 heterocycles. The van der Waals surface area contributed by atoms with Crippen molar-refractivity contribution in [1.82, 2.24) is 0 Å². The smallest absolute Gasteiger partial charge is 0.196 e. The van der Waals surface area contributed by atoms with Gasteiger partial charge in [0.2, 0.25) is 0 Å². The standard InChI is InChI=1S/C15H10Cl2F2O/c1-7-3-9(18)5-11(13(7)16)15(20)12-6-10(19)4-8(2)14(12)17/h3-6H,1-2H3. The van der Waals surface area contributed by atoms with Crippen molar-refractivity contribution in [3.05, 3.63) is 68.2 Å². The maximum Gasteiger partial charge on any atom is 0.196 e. The van der Waals surface area contributed by atoms with Crippen LogP contribution in [0.4, 0.5) is 8.78 Å². The highest BCUT2D eigenvalue weighted by Crippen LogP contribution is 2.29. The third-order valence-corrected chi connectivity index (χ3v) is 3.93. The van der Waals surface area contributed by atoms with E-state index >= 15 is 0 Å². The van der Waals surface area contributed by atoms with Gasteiger partial charge in [0.05, 0.1) is 10.0 Å². The number of aryl methyl sites for hydroxylation is 2. The monoisotopic (exact) mass is 314 g/mol. The Hall–Kier alpha value is -1.45. The van der Waals surface area contributed by atoms with Crippen LogP contribution in [0.3, 0.4) is 0 Å². The summed E-state index contributed by atoms with van der Waals surface area (Å²) in [6.07, 6.45) is 0. The summed E-state index contributed by atoms with van der Waals surface area (Å²) in [6.45, 7) is 3.17. The van der Waals surface area contributed by atoms with Crippen LogP contribution in [0, 0.1) is 25.5 Å². The Kier molecular flexibility index (Phi) is 4.11. The van der Waals surface area contributed by atoms with E-state index in [-0.39, 0.29) is 21.2 Å². The molecule has 0 saturated heterocycles. The van der Waals surface area contributed by atoms with Crippen molar-refractivity contribution in [1.29, 1.82) is 0 Å². The third kappa shape index (κ3) is 2.69. The molecule has 0 N–H and O–H groups in total. The highest BCUT2D eigenvalue weighted by atomic mass is 35.5. The number of rotatable bonds is 2. The average Bonchev–Trinajstić information content (AvgIpc) is 2.37. The van der Waals surface area contributed by atoms with Gasteiger partial charge in [-0.15, -0.1) is 0 Å². The van der Waals surface area contributed by atoms with Gasteiger partial charge in [-0.05, 0) is 49.2 Å². The van der Waals surface area contributed by atoms with E-state index in [4.69, 9.17) is 23.2 Å². The first kappa shape index (κ1) is 14.9. The molecule has 0 saturated carbocycles. The molecule has 0 aromatic heterocycles. The van der Waals surface area contributed by atoms with Crippen LogP contribution in [0.15, 0.2) is 24.3 Å². The van der Waals surface area contributed by atoms with E-state index < -0.39 is 17.4 Å². The second-order valence-corrected chi connectivity index (χ2v) is 5.25. The second kappa shape index (κ2) is 5.51. The van der Waals surface area contributed by atoms with Gasteiger partial charge >= 0.3 is 0 Å². The minimum Gasteiger partial charge on any atom is -0.288 e. The maximum atomic E-state index is 13.4. The largest absolute Gasteiger partial charge is 0.288 e. The molecule has 0 radical (unpaired) electrons. The predicted octanol–water partition coefficient (Wildman–Crippen LogP) is 5.12. The van der Waals surface area contributed by atoms with Crippen molar-refractivity contribution in [2.75, 3.05) is 0 Å². The average molecular weight is 315 g/mol. The van der Waals surface area contributed by atoms with Crippen LogP contribution in [-0.2, 0) is 0 Å². The van der Waals surface area contributed by atoms with Gasteiger partial charge in [-0.1, -0.05) is 23.2 Å². The van der Waals surface area contributed by atoms with E-state index in [2.05, 4.69) is 0 Å². The lowest BCUT2D eigenvalue weighted by atomic mass is 9.99. The van der Waals surface area contributed by atoms with Gasteiger partial charge in [0.25, 0.3) is 0 Å². The molecule has 0 fully saturated rings. The number of ketones is 1. The molecule has 2 rings (SSSR count). The lowest BCUT2D eigenvalue weighted by Gasteiger charge is -2.10. The summed E-state index contributed by atoms with van der Waals surface area (Å²) in [6, 6.07) is 4.48. The first-order valence-electron chi connectivity index (χ1n) is 5.77. The summed E-state index contributed by atoms with van der Waals surface area (Å²) in [7, 11) is 0.